The lowest BCUT2D eigenvalue weighted by atomic mass is 9.73. The van der Waals surface area contributed by atoms with E-state index in [9.17, 15) is 9.59 Å². The summed E-state index contributed by atoms with van der Waals surface area (Å²) in [6.07, 6.45) is 2.27. The van der Waals surface area contributed by atoms with Gasteiger partial charge in [0.05, 0.1) is 31.7 Å². The second-order valence-electron chi connectivity index (χ2n) is 5.64. The molecule has 114 valence electrons. The molecule has 0 bridgehead atoms. The topological polar surface area (TPSA) is 76.1 Å². The molecular formula is C14H23NO5. The lowest BCUT2D eigenvalue weighted by molar-refractivity contribution is -0.156. The van der Waals surface area contributed by atoms with Crippen molar-refractivity contribution in [3.63, 3.8) is 0 Å². The molecule has 6 heteroatoms. The van der Waals surface area contributed by atoms with E-state index in [2.05, 4.69) is 0 Å². The van der Waals surface area contributed by atoms with Crippen LogP contribution in [0.5, 0.6) is 0 Å². The quantitative estimate of drug-likeness (QED) is 0.694. The van der Waals surface area contributed by atoms with Crippen LogP contribution in [0.4, 0.5) is 0 Å². The Morgan fingerprint density at radius 3 is 2.55 bits per heavy atom. The molecule has 1 heterocycles. The fourth-order valence-corrected chi connectivity index (χ4v) is 2.89. The third-order valence-corrected chi connectivity index (χ3v) is 4.29. The van der Waals surface area contributed by atoms with E-state index >= 15 is 0 Å². The van der Waals surface area contributed by atoms with Crippen LogP contribution < -0.4 is 0 Å². The minimum absolute atomic E-state index is 0.0167. The van der Waals surface area contributed by atoms with Crippen molar-refractivity contribution < 1.29 is 24.2 Å². The van der Waals surface area contributed by atoms with Gasteiger partial charge in [0.25, 0.3) is 0 Å². The standard InChI is InChI=1S/C14H23NO5/c1-19-6-7-20-9-10-4-5-15(8-10)13(16)11-2-3-12(11)14(17)18/h10-12H,2-9H2,1H3,(H,17,18). The molecule has 3 atom stereocenters. The van der Waals surface area contributed by atoms with Crippen LogP contribution in [0.1, 0.15) is 19.3 Å². The molecule has 6 nitrogen and oxygen atoms in total. The summed E-state index contributed by atoms with van der Waals surface area (Å²) in [4.78, 5) is 25.1. The number of carbonyl (C=O) groups excluding carboxylic acids is 1. The number of likely N-dealkylation sites (tertiary alicyclic amines) is 1. The molecular weight excluding hydrogens is 262 g/mol. The largest absolute Gasteiger partial charge is 0.481 e. The maximum atomic E-state index is 12.3. The van der Waals surface area contributed by atoms with E-state index in [4.69, 9.17) is 14.6 Å². The molecule has 1 aliphatic carbocycles. The Balaban J connectivity index is 1.72. The summed E-state index contributed by atoms with van der Waals surface area (Å²) in [5.74, 6) is -1.24. The Morgan fingerprint density at radius 2 is 1.95 bits per heavy atom. The fourth-order valence-electron chi connectivity index (χ4n) is 2.89. The number of carbonyl (C=O) groups is 2. The van der Waals surface area contributed by atoms with Gasteiger partial charge in [-0.3, -0.25) is 9.59 Å². The SMILES string of the molecule is COCCOCC1CCN(C(=O)C2CCC2C(=O)O)C1. The molecule has 3 unspecified atom stereocenters. The van der Waals surface area contributed by atoms with Gasteiger partial charge >= 0.3 is 5.97 Å². The van der Waals surface area contributed by atoms with E-state index in [1.165, 1.54) is 0 Å². The van der Waals surface area contributed by atoms with Gasteiger partial charge in [-0.2, -0.15) is 0 Å². The molecule has 0 aromatic heterocycles. The first-order valence-electron chi connectivity index (χ1n) is 7.21. The smallest absolute Gasteiger partial charge is 0.307 e. The van der Waals surface area contributed by atoms with Gasteiger partial charge in [-0.15, -0.1) is 0 Å². The lowest BCUT2D eigenvalue weighted by Gasteiger charge is -2.35. The third-order valence-electron chi connectivity index (χ3n) is 4.29. The van der Waals surface area contributed by atoms with Crippen LogP contribution in [0.25, 0.3) is 0 Å². The number of hydrogen-bond acceptors (Lipinski definition) is 4. The molecule has 2 fully saturated rings. The van der Waals surface area contributed by atoms with Crippen LogP contribution in [0, 0.1) is 17.8 Å². The van der Waals surface area contributed by atoms with Crippen molar-refractivity contribution in [1.29, 1.82) is 0 Å². The van der Waals surface area contributed by atoms with Gasteiger partial charge in [0.15, 0.2) is 0 Å². The van der Waals surface area contributed by atoms with Gasteiger partial charge in [-0.25, -0.2) is 0 Å². The molecule has 1 amide bonds. The molecule has 1 saturated carbocycles. The minimum atomic E-state index is -0.840. The van der Waals surface area contributed by atoms with Crippen LogP contribution in [-0.2, 0) is 19.1 Å². The Kier molecular flexibility index (Phi) is 5.37. The maximum absolute atomic E-state index is 12.3. The highest BCUT2D eigenvalue weighted by molar-refractivity contribution is 5.86. The number of rotatable bonds is 7. The summed E-state index contributed by atoms with van der Waals surface area (Å²) in [6.45, 7) is 3.21. The van der Waals surface area contributed by atoms with E-state index in [0.29, 0.717) is 45.1 Å². The molecule has 0 aromatic carbocycles. The fraction of sp³-hybridized carbons (Fsp3) is 0.857. The predicted molar refractivity (Wildman–Crippen MR) is 71.2 cm³/mol. The van der Waals surface area contributed by atoms with Crippen molar-refractivity contribution in [1.82, 2.24) is 4.90 Å². The van der Waals surface area contributed by atoms with E-state index in [1.54, 1.807) is 7.11 Å². The van der Waals surface area contributed by atoms with Crippen LogP contribution >= 0.6 is 0 Å². The summed E-state index contributed by atoms with van der Waals surface area (Å²) in [7, 11) is 1.64. The number of carboxylic acids is 1. The van der Waals surface area contributed by atoms with Crippen molar-refractivity contribution in [2.24, 2.45) is 17.8 Å². The zero-order valence-corrected chi connectivity index (χ0v) is 11.9. The van der Waals surface area contributed by atoms with E-state index in [-0.39, 0.29) is 11.8 Å². The number of ether oxygens (including phenoxy) is 2. The number of methoxy groups -OCH3 is 1. The van der Waals surface area contributed by atoms with E-state index in [0.717, 1.165) is 13.0 Å². The number of hydrogen-bond donors (Lipinski definition) is 1. The van der Waals surface area contributed by atoms with E-state index < -0.39 is 11.9 Å². The first-order chi connectivity index (χ1) is 9.63. The van der Waals surface area contributed by atoms with Crippen molar-refractivity contribution in [2.75, 3.05) is 40.0 Å². The molecule has 1 N–H and O–H groups in total. The van der Waals surface area contributed by atoms with Gasteiger partial charge in [-0.05, 0) is 19.3 Å². The maximum Gasteiger partial charge on any atom is 0.307 e. The van der Waals surface area contributed by atoms with Crippen molar-refractivity contribution in [2.45, 2.75) is 19.3 Å². The van der Waals surface area contributed by atoms with Gasteiger partial charge in [0.1, 0.15) is 0 Å². The number of nitrogens with zero attached hydrogens (tertiary/aromatic N) is 1. The Hall–Kier alpha value is -1.14. The van der Waals surface area contributed by atoms with Crippen molar-refractivity contribution in [3.8, 4) is 0 Å². The highest BCUT2D eigenvalue weighted by Crippen LogP contribution is 2.36. The molecule has 1 saturated heterocycles. The van der Waals surface area contributed by atoms with Gasteiger partial charge < -0.3 is 19.5 Å². The normalized spacial score (nSPS) is 29.2. The highest BCUT2D eigenvalue weighted by Gasteiger charge is 2.44. The molecule has 1 aliphatic heterocycles. The van der Waals surface area contributed by atoms with E-state index in [1.807, 2.05) is 4.90 Å². The van der Waals surface area contributed by atoms with Gasteiger partial charge in [0.2, 0.25) is 5.91 Å². The van der Waals surface area contributed by atoms with Crippen molar-refractivity contribution in [3.05, 3.63) is 0 Å². The Labute approximate surface area is 119 Å². The van der Waals surface area contributed by atoms with Crippen LogP contribution in [0.3, 0.4) is 0 Å². The number of aliphatic carboxylic acids is 1. The second-order valence-corrected chi connectivity index (χ2v) is 5.64. The lowest BCUT2D eigenvalue weighted by Crippen LogP contribution is -2.45. The Morgan fingerprint density at radius 1 is 1.20 bits per heavy atom. The summed E-state index contributed by atoms with van der Waals surface area (Å²) >= 11 is 0. The predicted octanol–water partition coefficient (Wildman–Crippen LogP) is 0.609. The van der Waals surface area contributed by atoms with Gasteiger partial charge in [-0.1, -0.05) is 0 Å². The van der Waals surface area contributed by atoms with Crippen LogP contribution in [-0.4, -0.2) is 61.9 Å². The first kappa shape index (κ1) is 15.3. The molecule has 0 radical (unpaired) electrons. The minimum Gasteiger partial charge on any atom is -0.481 e. The monoisotopic (exact) mass is 285 g/mol. The summed E-state index contributed by atoms with van der Waals surface area (Å²) < 4.78 is 10.4. The third kappa shape index (κ3) is 3.49. The summed E-state index contributed by atoms with van der Waals surface area (Å²) in [6, 6.07) is 0. The van der Waals surface area contributed by atoms with Crippen LogP contribution in [0.2, 0.25) is 0 Å². The average Bonchev–Trinajstić information content (AvgIpc) is 2.81. The molecule has 2 aliphatic rings. The second kappa shape index (κ2) is 7.04. The van der Waals surface area contributed by atoms with Crippen molar-refractivity contribution >= 4 is 11.9 Å². The number of amides is 1. The van der Waals surface area contributed by atoms with Gasteiger partial charge in [0, 0.05) is 26.1 Å². The van der Waals surface area contributed by atoms with Crippen LogP contribution in [0.15, 0.2) is 0 Å². The summed E-state index contributed by atoms with van der Waals surface area (Å²) in [5.41, 5.74) is 0. The summed E-state index contributed by atoms with van der Waals surface area (Å²) in [5, 5.41) is 9.01. The molecule has 0 aromatic rings. The average molecular weight is 285 g/mol. The molecule has 20 heavy (non-hydrogen) atoms. The molecule has 2 rings (SSSR count). The molecule has 0 spiro atoms. The number of carboxylic acid groups (broad SMARTS) is 1. The Bertz CT molecular complexity index is 359. The zero-order chi connectivity index (χ0) is 14.5. The highest BCUT2D eigenvalue weighted by atomic mass is 16.5. The zero-order valence-electron chi connectivity index (χ0n) is 11.9. The first-order valence-corrected chi connectivity index (χ1v) is 7.21.